The minimum atomic E-state index is -1.19. The monoisotopic (exact) mass is 484 g/mol. The van der Waals surface area contributed by atoms with Gasteiger partial charge in [0.05, 0.1) is 11.2 Å². The minimum absolute atomic E-state index is 0.0474. The molecule has 0 aromatic carbocycles. The van der Waals surface area contributed by atoms with Gasteiger partial charge in [-0.05, 0) is 22.9 Å². The maximum Gasteiger partial charge on any atom is 0.352 e. The molecule has 164 valence electrons. The Morgan fingerprint density at radius 2 is 2.26 bits per heavy atom. The predicted molar refractivity (Wildman–Crippen MR) is 111 cm³/mol. The van der Waals surface area contributed by atoms with Gasteiger partial charge in [-0.3, -0.25) is 19.2 Å². The van der Waals surface area contributed by atoms with Crippen LogP contribution in [0.15, 0.2) is 28.8 Å². The van der Waals surface area contributed by atoms with Crippen LogP contribution in [0.1, 0.15) is 13.0 Å². The Morgan fingerprint density at radius 1 is 1.48 bits per heavy atom. The van der Waals surface area contributed by atoms with Crippen LogP contribution in [0.2, 0.25) is 5.02 Å². The van der Waals surface area contributed by atoms with Gasteiger partial charge in [-0.2, -0.15) is 5.10 Å². The molecule has 1 fully saturated rings. The highest BCUT2D eigenvalue weighted by molar-refractivity contribution is 8.01. The number of carbonyl (C=O) groups is 3. The number of carbonyl (C=O) groups excluding carboxylic acids is 2. The first-order valence-corrected chi connectivity index (χ1v) is 11.4. The molecular weight excluding hydrogens is 468 g/mol. The average Bonchev–Trinajstić information content (AvgIpc) is 3.36. The number of hydrogen-bond donors (Lipinski definition) is 2. The van der Waals surface area contributed by atoms with Crippen LogP contribution in [0.5, 0.6) is 0 Å². The summed E-state index contributed by atoms with van der Waals surface area (Å²) in [6.45, 7) is 1.63. The second-order valence-corrected chi connectivity index (χ2v) is 9.33. The molecule has 3 atom stereocenters. The number of thioether (sulfide) groups is 2. The molecule has 4 heterocycles. The first-order chi connectivity index (χ1) is 14.8. The summed E-state index contributed by atoms with van der Waals surface area (Å²) in [6.07, 6.45) is 2.93. The number of carboxylic acid groups (broad SMARTS) is 1. The second-order valence-electron chi connectivity index (χ2n) is 6.84. The number of amides is 2. The number of halogens is 1. The molecule has 0 saturated carbocycles. The van der Waals surface area contributed by atoms with Crippen LogP contribution in [0, 0.1) is 0 Å². The number of aromatic nitrogens is 6. The lowest BCUT2D eigenvalue weighted by Crippen LogP contribution is -2.71. The summed E-state index contributed by atoms with van der Waals surface area (Å²) in [6, 6.07) is -1.48. The molecule has 2 aliphatic rings. The van der Waals surface area contributed by atoms with E-state index in [9.17, 15) is 19.5 Å². The predicted octanol–water partition coefficient (Wildman–Crippen LogP) is 0.152. The summed E-state index contributed by atoms with van der Waals surface area (Å²) in [4.78, 5) is 38.5. The number of β-lactam (4-membered cyclic amide) rings is 1. The van der Waals surface area contributed by atoms with Gasteiger partial charge >= 0.3 is 5.97 Å². The van der Waals surface area contributed by atoms with Crippen molar-refractivity contribution in [2.75, 3.05) is 11.5 Å². The quantitative estimate of drug-likeness (QED) is 0.411. The minimum Gasteiger partial charge on any atom is -0.477 e. The fourth-order valence-corrected chi connectivity index (χ4v) is 5.69. The number of hydrogen-bond acceptors (Lipinski definition) is 9. The molecule has 2 aromatic rings. The number of nitrogens with one attached hydrogen (secondary N) is 1. The van der Waals surface area contributed by atoms with Crippen molar-refractivity contribution in [3.05, 3.63) is 28.7 Å². The van der Waals surface area contributed by atoms with Gasteiger partial charge in [0.2, 0.25) is 11.1 Å². The normalized spacial score (nSPS) is 21.5. The van der Waals surface area contributed by atoms with Gasteiger partial charge in [0.25, 0.3) is 5.91 Å². The number of fused-ring (bicyclic) bond motifs is 1. The second kappa shape index (κ2) is 8.51. The fraction of sp³-hybridized carbons (Fsp3) is 0.438. The van der Waals surface area contributed by atoms with Crippen molar-refractivity contribution < 1.29 is 19.5 Å². The van der Waals surface area contributed by atoms with Crippen molar-refractivity contribution >= 4 is 52.9 Å². The largest absolute Gasteiger partial charge is 0.477 e. The van der Waals surface area contributed by atoms with E-state index in [-0.39, 0.29) is 5.70 Å². The third-order valence-corrected chi connectivity index (χ3v) is 7.48. The van der Waals surface area contributed by atoms with Crippen LogP contribution in [0.25, 0.3) is 0 Å². The highest BCUT2D eigenvalue weighted by Gasteiger charge is 2.54. The molecule has 0 aliphatic carbocycles. The molecule has 0 bridgehead atoms. The van der Waals surface area contributed by atoms with Crippen molar-refractivity contribution in [1.82, 2.24) is 40.2 Å². The Morgan fingerprint density at radius 3 is 2.87 bits per heavy atom. The van der Waals surface area contributed by atoms with Crippen LogP contribution >= 0.6 is 35.1 Å². The van der Waals surface area contributed by atoms with Gasteiger partial charge in [0.1, 0.15) is 23.2 Å². The molecule has 1 saturated heterocycles. The number of nitrogens with zero attached hydrogens (tertiary/aromatic N) is 7. The van der Waals surface area contributed by atoms with E-state index in [0.29, 0.717) is 27.3 Å². The molecule has 15 heteroatoms. The molecule has 0 spiro atoms. The lowest BCUT2D eigenvalue weighted by atomic mass is 10.0. The maximum absolute atomic E-state index is 12.8. The van der Waals surface area contributed by atoms with Gasteiger partial charge in [-0.25, -0.2) is 9.48 Å². The van der Waals surface area contributed by atoms with Gasteiger partial charge in [-0.1, -0.05) is 23.4 Å². The van der Waals surface area contributed by atoms with Crippen LogP contribution in [-0.2, 0) is 21.4 Å². The van der Waals surface area contributed by atoms with Crippen molar-refractivity contribution in [2.24, 2.45) is 7.05 Å². The molecule has 4 rings (SSSR count). The molecule has 12 nitrogen and oxygen atoms in total. The Hall–Kier alpha value is -2.58. The van der Waals surface area contributed by atoms with E-state index in [4.69, 9.17) is 11.6 Å². The average molecular weight is 485 g/mol. The highest BCUT2D eigenvalue weighted by atomic mass is 35.5. The van der Waals surface area contributed by atoms with E-state index in [1.54, 1.807) is 14.0 Å². The van der Waals surface area contributed by atoms with E-state index in [1.807, 2.05) is 0 Å². The van der Waals surface area contributed by atoms with E-state index >= 15 is 0 Å². The Bertz CT molecular complexity index is 1090. The van der Waals surface area contributed by atoms with Crippen LogP contribution in [-0.4, -0.2) is 80.7 Å². The summed E-state index contributed by atoms with van der Waals surface area (Å²) in [7, 11) is 1.69. The Labute approximate surface area is 189 Å². The van der Waals surface area contributed by atoms with Crippen molar-refractivity contribution in [2.45, 2.75) is 29.5 Å². The number of rotatable bonds is 7. The Kier molecular flexibility index (Phi) is 5.94. The highest BCUT2D eigenvalue weighted by Crippen LogP contribution is 2.41. The zero-order chi connectivity index (χ0) is 22.3. The molecular formula is C16H17ClN8O4S2. The third kappa shape index (κ3) is 4.02. The number of tetrazole rings is 1. The van der Waals surface area contributed by atoms with Crippen LogP contribution < -0.4 is 5.32 Å². The van der Waals surface area contributed by atoms with Gasteiger partial charge in [0.15, 0.2) is 0 Å². The fourth-order valence-electron chi connectivity index (χ4n) is 3.21. The van der Waals surface area contributed by atoms with E-state index in [2.05, 4.69) is 25.9 Å². The Balaban J connectivity index is 1.46. The smallest absolute Gasteiger partial charge is 0.352 e. The maximum atomic E-state index is 12.8. The van der Waals surface area contributed by atoms with E-state index in [0.717, 1.165) is 0 Å². The van der Waals surface area contributed by atoms with Crippen molar-refractivity contribution in [1.29, 1.82) is 0 Å². The van der Waals surface area contributed by atoms with E-state index < -0.39 is 35.2 Å². The number of aliphatic carboxylic acids is 1. The molecule has 2 aliphatic heterocycles. The zero-order valence-corrected chi connectivity index (χ0v) is 18.7. The summed E-state index contributed by atoms with van der Waals surface area (Å²) >= 11 is 8.53. The summed E-state index contributed by atoms with van der Waals surface area (Å²) in [5, 5.41) is 28.0. The summed E-state index contributed by atoms with van der Waals surface area (Å²) < 4.78 is 2.88. The standard InChI is InChI=1S/C16H17ClN8O4S2/c1-7(24-4-9(17)3-18-24)12(26)19-10-13(27)25-11(15(28)29)8(5-30-14(10)25)6-31-16-20-21-22-23(16)2/h3-4,7,10,14H,5-6H2,1-2H3,(H,19,26)(H,28,29)/t7-,10-,14-/m1/s1. The zero-order valence-electron chi connectivity index (χ0n) is 16.3. The molecule has 31 heavy (non-hydrogen) atoms. The molecule has 0 radical (unpaired) electrons. The first kappa shape index (κ1) is 21.6. The lowest BCUT2D eigenvalue weighted by molar-refractivity contribution is -0.151. The van der Waals surface area contributed by atoms with Crippen molar-refractivity contribution in [3.63, 3.8) is 0 Å². The van der Waals surface area contributed by atoms with Crippen molar-refractivity contribution in [3.8, 4) is 0 Å². The molecule has 2 amide bonds. The number of carboxylic acids is 1. The first-order valence-electron chi connectivity index (χ1n) is 9.03. The summed E-state index contributed by atoms with van der Waals surface area (Å²) in [5.41, 5.74) is 0.549. The number of aryl methyl sites for hydroxylation is 1. The molecule has 0 unspecified atom stereocenters. The van der Waals surface area contributed by atoms with Crippen LogP contribution in [0.4, 0.5) is 0 Å². The molecule has 2 N–H and O–H groups in total. The topological polar surface area (TPSA) is 148 Å². The van der Waals surface area contributed by atoms with Gasteiger partial charge in [0, 0.05) is 24.8 Å². The third-order valence-electron chi connectivity index (χ3n) is 4.85. The van der Waals surface area contributed by atoms with Gasteiger partial charge in [-0.15, -0.1) is 16.9 Å². The van der Waals surface area contributed by atoms with Crippen LogP contribution in [0.3, 0.4) is 0 Å². The lowest BCUT2D eigenvalue weighted by Gasteiger charge is -2.49. The van der Waals surface area contributed by atoms with E-state index in [1.165, 1.54) is 50.2 Å². The van der Waals surface area contributed by atoms with Gasteiger partial charge < -0.3 is 10.4 Å². The summed E-state index contributed by atoms with van der Waals surface area (Å²) in [5.74, 6) is -1.32. The SMILES string of the molecule is C[C@H](C(=O)N[C@@H]1C(=O)N2C(C(=O)O)=C(CSc3nnnn3C)CS[C@H]12)n1cc(Cl)cn1. The molecule has 2 aromatic heterocycles.